The highest BCUT2D eigenvalue weighted by atomic mass is 79.9. The van der Waals surface area contributed by atoms with Gasteiger partial charge < -0.3 is 4.90 Å². The SMILES string of the molecule is Cn1nc(C2CCN(C(=O)c3cccc(Br)c3)CC2)n(-c2ccccc2)c1=O. The lowest BCUT2D eigenvalue weighted by molar-refractivity contribution is 0.0710. The third-order valence-corrected chi connectivity index (χ3v) is 5.68. The van der Waals surface area contributed by atoms with E-state index >= 15 is 0 Å². The Bertz CT molecular complexity index is 1050. The summed E-state index contributed by atoms with van der Waals surface area (Å²) in [6.07, 6.45) is 1.56. The fourth-order valence-electron chi connectivity index (χ4n) is 3.71. The van der Waals surface area contributed by atoms with Crippen LogP contribution in [0.2, 0.25) is 0 Å². The number of nitrogens with zero attached hydrogens (tertiary/aromatic N) is 4. The van der Waals surface area contributed by atoms with E-state index in [1.165, 1.54) is 4.68 Å². The van der Waals surface area contributed by atoms with Crippen LogP contribution in [0, 0.1) is 0 Å². The van der Waals surface area contributed by atoms with Crippen LogP contribution >= 0.6 is 15.9 Å². The summed E-state index contributed by atoms with van der Waals surface area (Å²) in [5.41, 5.74) is 1.36. The van der Waals surface area contributed by atoms with Crippen molar-refractivity contribution in [3.8, 4) is 5.69 Å². The summed E-state index contributed by atoms with van der Waals surface area (Å²) in [6.45, 7) is 1.30. The van der Waals surface area contributed by atoms with Gasteiger partial charge in [0.15, 0.2) is 0 Å². The standard InChI is InChI=1S/C21H21BrN4O2/c1-24-21(28)26(18-8-3-2-4-9-18)19(23-24)15-10-12-25(13-11-15)20(27)16-6-5-7-17(22)14-16/h2-9,14-15H,10-13H2,1H3. The van der Waals surface area contributed by atoms with E-state index in [0.29, 0.717) is 18.7 Å². The molecule has 0 aliphatic carbocycles. The molecule has 2 aromatic carbocycles. The molecular weight excluding hydrogens is 420 g/mol. The highest BCUT2D eigenvalue weighted by Crippen LogP contribution is 2.28. The molecule has 0 radical (unpaired) electrons. The first-order chi connectivity index (χ1) is 13.5. The number of halogens is 1. The van der Waals surface area contributed by atoms with Gasteiger partial charge >= 0.3 is 5.69 Å². The van der Waals surface area contributed by atoms with Crippen molar-refractivity contribution in [3.05, 3.63) is 80.9 Å². The predicted octanol–water partition coefficient (Wildman–Crippen LogP) is 3.35. The van der Waals surface area contributed by atoms with Crippen LogP contribution in [-0.2, 0) is 7.05 Å². The highest BCUT2D eigenvalue weighted by molar-refractivity contribution is 9.10. The predicted molar refractivity (Wildman–Crippen MR) is 111 cm³/mol. The molecule has 1 aliphatic heterocycles. The maximum Gasteiger partial charge on any atom is 0.350 e. The second-order valence-electron chi connectivity index (χ2n) is 7.01. The zero-order valence-corrected chi connectivity index (χ0v) is 17.2. The molecule has 4 rings (SSSR count). The van der Waals surface area contributed by atoms with Gasteiger partial charge in [0, 0.05) is 36.1 Å². The van der Waals surface area contributed by atoms with E-state index in [9.17, 15) is 9.59 Å². The zero-order chi connectivity index (χ0) is 19.7. The highest BCUT2D eigenvalue weighted by Gasteiger charge is 2.29. The number of hydrogen-bond donors (Lipinski definition) is 0. The maximum absolute atomic E-state index is 12.8. The maximum atomic E-state index is 12.8. The Morgan fingerprint density at radius 1 is 1.07 bits per heavy atom. The molecule has 0 N–H and O–H groups in total. The normalized spacial score (nSPS) is 15.0. The van der Waals surface area contributed by atoms with Gasteiger partial charge in [-0.3, -0.25) is 4.79 Å². The molecule has 28 heavy (non-hydrogen) atoms. The third kappa shape index (κ3) is 3.54. The summed E-state index contributed by atoms with van der Waals surface area (Å²) < 4.78 is 3.98. The Morgan fingerprint density at radius 3 is 2.46 bits per heavy atom. The molecule has 144 valence electrons. The third-order valence-electron chi connectivity index (χ3n) is 5.18. The smallest absolute Gasteiger partial charge is 0.339 e. The van der Waals surface area contributed by atoms with Crippen LogP contribution in [0.5, 0.6) is 0 Å². The number of aromatic nitrogens is 3. The lowest BCUT2D eigenvalue weighted by Gasteiger charge is -2.31. The van der Waals surface area contributed by atoms with Gasteiger partial charge in [0.05, 0.1) is 5.69 Å². The first kappa shape index (κ1) is 18.7. The molecule has 0 atom stereocenters. The molecule has 2 heterocycles. The number of para-hydroxylation sites is 1. The molecule has 6 nitrogen and oxygen atoms in total. The molecular formula is C21H21BrN4O2. The van der Waals surface area contributed by atoms with Crippen molar-refractivity contribution in [1.29, 1.82) is 0 Å². The van der Waals surface area contributed by atoms with Crippen molar-refractivity contribution in [3.63, 3.8) is 0 Å². The van der Waals surface area contributed by atoms with Crippen LogP contribution in [-0.4, -0.2) is 38.2 Å². The fourth-order valence-corrected chi connectivity index (χ4v) is 4.11. The minimum atomic E-state index is -0.145. The number of likely N-dealkylation sites (tertiary alicyclic amines) is 1. The summed E-state index contributed by atoms with van der Waals surface area (Å²) in [4.78, 5) is 27.3. The Morgan fingerprint density at radius 2 is 1.79 bits per heavy atom. The molecule has 1 aromatic heterocycles. The van der Waals surface area contributed by atoms with Gasteiger partial charge in [-0.1, -0.05) is 40.2 Å². The van der Waals surface area contributed by atoms with E-state index in [2.05, 4.69) is 21.0 Å². The largest absolute Gasteiger partial charge is 0.350 e. The second-order valence-corrected chi connectivity index (χ2v) is 7.93. The number of hydrogen-bond acceptors (Lipinski definition) is 3. The molecule has 1 aliphatic rings. The zero-order valence-electron chi connectivity index (χ0n) is 15.6. The van der Waals surface area contributed by atoms with Crippen molar-refractivity contribution in [2.24, 2.45) is 7.05 Å². The van der Waals surface area contributed by atoms with Gasteiger partial charge in [0.2, 0.25) is 0 Å². The number of carbonyl (C=O) groups is 1. The minimum Gasteiger partial charge on any atom is -0.339 e. The molecule has 1 amide bonds. The number of amides is 1. The van der Waals surface area contributed by atoms with E-state index < -0.39 is 0 Å². The lowest BCUT2D eigenvalue weighted by atomic mass is 9.95. The van der Waals surface area contributed by atoms with Crippen LogP contribution in [0.1, 0.15) is 34.9 Å². The number of rotatable bonds is 3. The van der Waals surface area contributed by atoms with E-state index in [1.807, 2.05) is 59.5 Å². The summed E-state index contributed by atoms with van der Waals surface area (Å²) in [5, 5.41) is 4.51. The Hall–Kier alpha value is -2.67. The molecule has 1 fully saturated rings. The number of benzene rings is 2. The first-order valence-corrected chi connectivity index (χ1v) is 10.1. The topological polar surface area (TPSA) is 60.1 Å². The molecule has 1 saturated heterocycles. The van der Waals surface area contributed by atoms with Crippen LogP contribution in [0.3, 0.4) is 0 Å². The molecule has 0 spiro atoms. The van der Waals surface area contributed by atoms with Gasteiger partial charge in [-0.15, -0.1) is 0 Å². The van der Waals surface area contributed by atoms with Crippen molar-refractivity contribution >= 4 is 21.8 Å². The quantitative estimate of drug-likeness (QED) is 0.627. The Balaban J connectivity index is 1.54. The molecule has 0 unspecified atom stereocenters. The Labute approximate surface area is 171 Å². The van der Waals surface area contributed by atoms with Crippen LogP contribution in [0.4, 0.5) is 0 Å². The number of piperidine rings is 1. The van der Waals surface area contributed by atoms with Crippen molar-refractivity contribution < 1.29 is 4.79 Å². The summed E-state index contributed by atoms with van der Waals surface area (Å²) in [6, 6.07) is 17.1. The van der Waals surface area contributed by atoms with Crippen LogP contribution < -0.4 is 5.69 Å². The molecule has 0 bridgehead atoms. The van der Waals surface area contributed by atoms with Gasteiger partial charge in [0.1, 0.15) is 5.82 Å². The van der Waals surface area contributed by atoms with Crippen molar-refractivity contribution in [1.82, 2.24) is 19.2 Å². The molecule has 3 aromatic rings. The van der Waals surface area contributed by atoms with Crippen molar-refractivity contribution in [2.45, 2.75) is 18.8 Å². The fraction of sp³-hybridized carbons (Fsp3) is 0.286. The van der Waals surface area contributed by atoms with E-state index in [4.69, 9.17) is 0 Å². The van der Waals surface area contributed by atoms with Crippen LogP contribution in [0.25, 0.3) is 5.69 Å². The average Bonchev–Trinajstić information content (AvgIpc) is 3.03. The first-order valence-electron chi connectivity index (χ1n) is 9.31. The summed E-state index contributed by atoms with van der Waals surface area (Å²) in [7, 11) is 1.68. The van der Waals surface area contributed by atoms with E-state index in [-0.39, 0.29) is 17.5 Å². The van der Waals surface area contributed by atoms with Gasteiger partial charge in [-0.25, -0.2) is 14.0 Å². The minimum absolute atomic E-state index is 0.0428. The van der Waals surface area contributed by atoms with Crippen molar-refractivity contribution in [2.75, 3.05) is 13.1 Å². The molecule has 7 heteroatoms. The van der Waals surface area contributed by atoms with E-state index in [0.717, 1.165) is 28.8 Å². The average molecular weight is 441 g/mol. The summed E-state index contributed by atoms with van der Waals surface area (Å²) in [5.74, 6) is 0.954. The van der Waals surface area contributed by atoms with Gasteiger partial charge in [-0.2, -0.15) is 5.10 Å². The van der Waals surface area contributed by atoms with Gasteiger partial charge in [0.25, 0.3) is 5.91 Å². The van der Waals surface area contributed by atoms with E-state index in [1.54, 1.807) is 11.6 Å². The summed E-state index contributed by atoms with van der Waals surface area (Å²) >= 11 is 3.42. The van der Waals surface area contributed by atoms with Gasteiger partial charge in [-0.05, 0) is 43.2 Å². The lowest BCUT2D eigenvalue weighted by Crippen LogP contribution is -2.38. The second kappa shape index (κ2) is 7.75. The van der Waals surface area contributed by atoms with Crippen LogP contribution in [0.15, 0.2) is 63.9 Å². The number of aryl methyl sites for hydroxylation is 1. The number of carbonyl (C=O) groups excluding carboxylic acids is 1. The monoisotopic (exact) mass is 440 g/mol. The Kier molecular flexibility index (Phi) is 5.17. The molecule has 0 saturated carbocycles.